The third kappa shape index (κ3) is 5.60. The van der Waals surface area contributed by atoms with Gasteiger partial charge in [-0.2, -0.15) is 9.29 Å². The van der Waals surface area contributed by atoms with Crippen LogP contribution in [0.2, 0.25) is 5.02 Å². The molecular formula is C20H20ClN3O6S. The van der Waals surface area contributed by atoms with Crippen molar-refractivity contribution in [1.29, 1.82) is 0 Å². The van der Waals surface area contributed by atoms with E-state index in [-0.39, 0.29) is 23.2 Å². The number of nitrogens with zero attached hydrogens (tertiary/aromatic N) is 3. The fourth-order valence-corrected chi connectivity index (χ4v) is 3.84. The predicted octanol–water partition coefficient (Wildman–Crippen LogP) is 3.15. The molecule has 0 saturated carbocycles. The summed E-state index contributed by atoms with van der Waals surface area (Å²) >= 11 is 5.78. The van der Waals surface area contributed by atoms with Crippen LogP contribution in [0.1, 0.15) is 12.8 Å². The summed E-state index contributed by atoms with van der Waals surface area (Å²) in [5.41, 5.74) is 0.638. The van der Waals surface area contributed by atoms with E-state index >= 15 is 0 Å². The lowest BCUT2D eigenvalue weighted by Crippen LogP contribution is -2.33. The van der Waals surface area contributed by atoms with E-state index < -0.39 is 22.5 Å². The fourth-order valence-electron chi connectivity index (χ4n) is 2.60. The minimum Gasteiger partial charge on any atom is -0.493 e. The molecule has 0 saturated heterocycles. The molecule has 2 aromatic carbocycles. The summed E-state index contributed by atoms with van der Waals surface area (Å²) < 4.78 is 41.7. The maximum atomic E-state index is 12.5. The van der Waals surface area contributed by atoms with Gasteiger partial charge in [-0.25, -0.2) is 8.42 Å². The van der Waals surface area contributed by atoms with E-state index in [2.05, 4.69) is 10.1 Å². The SMILES string of the molecule is CCOc1ccccc1-c1noc(COC(=O)CN(C)S(=O)(=O)c2ccc(Cl)cc2)n1. The summed E-state index contributed by atoms with van der Waals surface area (Å²) in [4.78, 5) is 16.3. The summed E-state index contributed by atoms with van der Waals surface area (Å²) in [6.07, 6.45) is 0. The van der Waals surface area contributed by atoms with E-state index in [0.29, 0.717) is 22.9 Å². The van der Waals surface area contributed by atoms with Gasteiger partial charge in [0.05, 0.1) is 17.1 Å². The van der Waals surface area contributed by atoms with Crippen LogP contribution in [-0.2, 0) is 26.2 Å². The Morgan fingerprint density at radius 2 is 1.87 bits per heavy atom. The number of sulfonamides is 1. The van der Waals surface area contributed by atoms with Crippen LogP contribution in [0.3, 0.4) is 0 Å². The quantitative estimate of drug-likeness (QED) is 0.443. The van der Waals surface area contributed by atoms with Crippen LogP contribution in [-0.4, -0.2) is 49.0 Å². The first kappa shape index (κ1) is 22.7. The monoisotopic (exact) mass is 465 g/mol. The molecule has 164 valence electrons. The molecule has 1 heterocycles. The van der Waals surface area contributed by atoms with E-state index in [1.807, 2.05) is 19.1 Å². The number of hydrogen-bond donors (Lipinski definition) is 0. The summed E-state index contributed by atoms with van der Waals surface area (Å²) in [5, 5.41) is 4.29. The van der Waals surface area contributed by atoms with Gasteiger partial charge in [0.2, 0.25) is 15.8 Å². The lowest BCUT2D eigenvalue weighted by atomic mass is 10.2. The Balaban J connectivity index is 1.60. The van der Waals surface area contributed by atoms with Crippen molar-refractivity contribution in [2.75, 3.05) is 20.2 Å². The second-order valence-corrected chi connectivity index (χ2v) is 8.80. The van der Waals surface area contributed by atoms with Crippen LogP contribution < -0.4 is 4.74 Å². The highest BCUT2D eigenvalue weighted by atomic mass is 35.5. The number of rotatable bonds is 9. The Morgan fingerprint density at radius 1 is 1.16 bits per heavy atom. The normalized spacial score (nSPS) is 11.5. The Kier molecular flexibility index (Phi) is 7.26. The first-order chi connectivity index (χ1) is 14.8. The molecule has 31 heavy (non-hydrogen) atoms. The number of para-hydroxylation sites is 1. The Labute approximate surface area is 184 Å². The van der Waals surface area contributed by atoms with Gasteiger partial charge in [-0.1, -0.05) is 28.9 Å². The molecule has 0 amide bonds. The van der Waals surface area contributed by atoms with E-state index in [1.54, 1.807) is 12.1 Å². The summed E-state index contributed by atoms with van der Waals surface area (Å²) in [6.45, 7) is 1.56. The lowest BCUT2D eigenvalue weighted by molar-refractivity contribution is -0.145. The highest BCUT2D eigenvalue weighted by molar-refractivity contribution is 7.89. The maximum absolute atomic E-state index is 12.5. The molecule has 0 unspecified atom stereocenters. The minimum absolute atomic E-state index is 0.0155. The molecule has 3 aromatic rings. The first-order valence-corrected chi connectivity index (χ1v) is 11.1. The summed E-state index contributed by atoms with van der Waals surface area (Å²) in [6, 6.07) is 12.8. The number of benzene rings is 2. The van der Waals surface area contributed by atoms with Crippen LogP contribution >= 0.6 is 11.6 Å². The number of likely N-dealkylation sites (N-methyl/N-ethyl adjacent to an activating group) is 1. The first-order valence-electron chi connectivity index (χ1n) is 9.23. The molecule has 0 aliphatic heterocycles. The van der Waals surface area contributed by atoms with Gasteiger partial charge in [-0.3, -0.25) is 4.79 Å². The molecule has 3 rings (SSSR count). The highest BCUT2D eigenvalue weighted by Crippen LogP contribution is 2.27. The average Bonchev–Trinajstić information content (AvgIpc) is 3.22. The zero-order chi connectivity index (χ0) is 22.4. The van der Waals surface area contributed by atoms with Gasteiger partial charge in [-0.05, 0) is 43.3 Å². The molecule has 0 atom stereocenters. The zero-order valence-corrected chi connectivity index (χ0v) is 18.4. The van der Waals surface area contributed by atoms with Gasteiger partial charge in [0.1, 0.15) is 12.3 Å². The third-order valence-electron chi connectivity index (χ3n) is 4.13. The Bertz CT molecular complexity index is 1150. The van der Waals surface area contributed by atoms with Crippen molar-refractivity contribution in [2.45, 2.75) is 18.4 Å². The number of esters is 1. The molecule has 0 bridgehead atoms. The predicted molar refractivity (Wildman–Crippen MR) is 112 cm³/mol. The third-order valence-corrected chi connectivity index (χ3v) is 6.20. The standard InChI is InChI=1S/C20H20ClN3O6S/c1-3-28-17-7-5-4-6-16(17)20-22-18(30-23-20)13-29-19(25)12-24(2)31(26,27)15-10-8-14(21)9-11-15/h4-11H,3,12-13H2,1-2H3. The van der Waals surface area contributed by atoms with Crippen molar-refractivity contribution < 1.29 is 27.2 Å². The second-order valence-electron chi connectivity index (χ2n) is 6.32. The van der Waals surface area contributed by atoms with E-state index in [0.717, 1.165) is 4.31 Å². The van der Waals surface area contributed by atoms with Crippen molar-refractivity contribution in [3.05, 3.63) is 59.4 Å². The minimum atomic E-state index is -3.87. The Hall–Kier alpha value is -2.95. The number of halogens is 1. The van der Waals surface area contributed by atoms with Crippen LogP contribution in [0, 0.1) is 0 Å². The summed E-state index contributed by atoms with van der Waals surface area (Å²) in [5.74, 6) is 0.188. The van der Waals surface area contributed by atoms with E-state index in [1.165, 1.54) is 31.3 Å². The van der Waals surface area contributed by atoms with Crippen LogP contribution in [0.25, 0.3) is 11.4 Å². The largest absolute Gasteiger partial charge is 0.493 e. The molecule has 0 fully saturated rings. The number of hydrogen-bond acceptors (Lipinski definition) is 8. The number of ether oxygens (including phenoxy) is 2. The smallest absolute Gasteiger partial charge is 0.321 e. The Morgan fingerprint density at radius 3 is 2.58 bits per heavy atom. The number of carbonyl (C=O) groups excluding carboxylic acids is 1. The molecule has 0 spiro atoms. The van der Waals surface area contributed by atoms with E-state index in [9.17, 15) is 13.2 Å². The average molecular weight is 466 g/mol. The van der Waals surface area contributed by atoms with Crippen molar-refractivity contribution in [2.24, 2.45) is 0 Å². The lowest BCUT2D eigenvalue weighted by Gasteiger charge is -2.16. The topological polar surface area (TPSA) is 112 Å². The van der Waals surface area contributed by atoms with Crippen molar-refractivity contribution in [1.82, 2.24) is 14.4 Å². The molecular weight excluding hydrogens is 446 g/mol. The molecule has 0 aliphatic carbocycles. The van der Waals surface area contributed by atoms with Crippen molar-refractivity contribution >= 4 is 27.6 Å². The molecule has 0 aliphatic rings. The van der Waals surface area contributed by atoms with Crippen molar-refractivity contribution in [3.8, 4) is 17.1 Å². The highest BCUT2D eigenvalue weighted by Gasteiger charge is 2.24. The van der Waals surface area contributed by atoms with Gasteiger partial charge in [0.15, 0.2) is 6.61 Å². The number of aromatic nitrogens is 2. The van der Waals surface area contributed by atoms with Crippen LogP contribution in [0.5, 0.6) is 5.75 Å². The number of carbonyl (C=O) groups is 1. The molecule has 0 N–H and O–H groups in total. The molecule has 1 aromatic heterocycles. The molecule has 11 heteroatoms. The van der Waals surface area contributed by atoms with Gasteiger partial charge in [0.25, 0.3) is 5.89 Å². The van der Waals surface area contributed by atoms with Gasteiger partial charge < -0.3 is 14.0 Å². The molecule has 9 nitrogen and oxygen atoms in total. The van der Waals surface area contributed by atoms with Crippen molar-refractivity contribution in [3.63, 3.8) is 0 Å². The summed E-state index contributed by atoms with van der Waals surface area (Å²) in [7, 11) is -2.59. The molecule has 0 radical (unpaired) electrons. The van der Waals surface area contributed by atoms with Crippen LogP contribution in [0.15, 0.2) is 57.9 Å². The van der Waals surface area contributed by atoms with Gasteiger partial charge >= 0.3 is 5.97 Å². The van der Waals surface area contributed by atoms with E-state index in [4.69, 9.17) is 25.6 Å². The van der Waals surface area contributed by atoms with Gasteiger partial charge in [0, 0.05) is 12.1 Å². The maximum Gasteiger partial charge on any atom is 0.321 e. The van der Waals surface area contributed by atoms with Crippen LogP contribution in [0.4, 0.5) is 0 Å². The zero-order valence-electron chi connectivity index (χ0n) is 16.8. The fraction of sp³-hybridized carbons (Fsp3) is 0.250. The van der Waals surface area contributed by atoms with Gasteiger partial charge in [-0.15, -0.1) is 0 Å². The second kappa shape index (κ2) is 9.90.